The van der Waals surface area contributed by atoms with Gasteiger partial charge in [-0.3, -0.25) is 9.59 Å². The summed E-state index contributed by atoms with van der Waals surface area (Å²) in [5.74, 6) is -8.90. The number of rotatable bonds is 8. The fourth-order valence-corrected chi connectivity index (χ4v) is 3.87. The monoisotopic (exact) mass is 619 g/mol. The Morgan fingerprint density at radius 3 is 2.19 bits per heavy atom. The van der Waals surface area contributed by atoms with Crippen LogP contribution >= 0.6 is 0 Å². The van der Waals surface area contributed by atoms with Crippen LogP contribution < -0.4 is 11.1 Å². The van der Waals surface area contributed by atoms with Crippen molar-refractivity contribution in [1.29, 1.82) is 0 Å². The minimum atomic E-state index is -5.08. The third kappa shape index (κ3) is 9.09. The predicted octanol–water partition coefficient (Wildman–Crippen LogP) is 3.78. The largest absolute Gasteiger partial charge is 0.490 e. The number of aromatic nitrogens is 2. The summed E-state index contributed by atoms with van der Waals surface area (Å²) in [4.78, 5) is 38.9. The van der Waals surface area contributed by atoms with E-state index in [1.54, 1.807) is 0 Å². The highest BCUT2D eigenvalue weighted by atomic mass is 19.4. The van der Waals surface area contributed by atoms with E-state index < -0.39 is 65.1 Å². The number of amides is 2. The van der Waals surface area contributed by atoms with E-state index in [-0.39, 0.29) is 50.3 Å². The first kappa shape index (κ1) is 34.4. The molecule has 0 spiro atoms. The van der Waals surface area contributed by atoms with Crippen molar-refractivity contribution >= 4 is 17.8 Å². The number of unbranched alkanes of at least 4 members (excludes halogenated alkanes) is 1. The third-order valence-electron chi connectivity index (χ3n) is 5.89. The van der Waals surface area contributed by atoms with Gasteiger partial charge in [0, 0.05) is 38.2 Å². The van der Waals surface area contributed by atoms with E-state index in [9.17, 15) is 49.1 Å². The zero-order chi connectivity index (χ0) is 32.0. The first-order chi connectivity index (χ1) is 19.4. The van der Waals surface area contributed by atoms with E-state index in [0.29, 0.717) is 18.6 Å². The quantitative estimate of drug-likeness (QED) is 0.234. The van der Waals surface area contributed by atoms with E-state index in [2.05, 4.69) is 10.3 Å². The fraction of sp³-hybridized carbons (Fsp3) is 0.500. The first-order valence-corrected chi connectivity index (χ1v) is 12.3. The van der Waals surface area contributed by atoms with Crippen LogP contribution in [0.1, 0.15) is 53.8 Å². The minimum absolute atomic E-state index is 0.0499. The van der Waals surface area contributed by atoms with E-state index in [4.69, 9.17) is 15.6 Å². The second-order valence-electron chi connectivity index (χ2n) is 9.13. The molecule has 0 radical (unpaired) electrons. The number of hydrogen-bond acceptors (Lipinski definition) is 5. The highest BCUT2D eigenvalue weighted by Gasteiger charge is 2.42. The summed E-state index contributed by atoms with van der Waals surface area (Å²) in [7, 11) is 0. The van der Waals surface area contributed by atoms with Crippen LogP contribution in [0.4, 0.5) is 39.5 Å². The molecule has 0 aliphatic carbocycles. The SMILES string of the molecule is CCCCNC(=O)c1nc(C(F)(F)F)n2c1CN(C(=O)C[C@H](N)Cc1cc(F)c(F)cc1F)CC2.O=C(O)C(F)(F)F. The van der Waals surface area contributed by atoms with E-state index in [0.717, 1.165) is 11.0 Å². The van der Waals surface area contributed by atoms with Crippen LogP contribution in [0, 0.1) is 17.5 Å². The van der Waals surface area contributed by atoms with Gasteiger partial charge in [-0.2, -0.15) is 26.3 Å². The van der Waals surface area contributed by atoms with Crippen molar-refractivity contribution in [2.75, 3.05) is 13.1 Å². The molecule has 0 bridgehead atoms. The molecule has 0 fully saturated rings. The zero-order valence-electron chi connectivity index (χ0n) is 21.9. The summed E-state index contributed by atoms with van der Waals surface area (Å²) < 4.78 is 113. The van der Waals surface area contributed by atoms with Crippen LogP contribution in [-0.2, 0) is 35.3 Å². The Bertz CT molecular complexity index is 1290. The average Bonchev–Trinajstić information content (AvgIpc) is 3.27. The molecule has 3 rings (SSSR count). The molecule has 1 aliphatic heterocycles. The number of alkyl halides is 6. The summed E-state index contributed by atoms with van der Waals surface area (Å²) in [5, 5.41) is 9.66. The lowest BCUT2D eigenvalue weighted by atomic mass is 10.0. The number of carbonyl (C=O) groups is 3. The van der Waals surface area contributed by atoms with Crippen molar-refractivity contribution < 1.29 is 59.0 Å². The van der Waals surface area contributed by atoms with Crippen molar-refractivity contribution in [2.24, 2.45) is 5.73 Å². The molecule has 42 heavy (non-hydrogen) atoms. The Morgan fingerprint density at radius 2 is 1.64 bits per heavy atom. The van der Waals surface area contributed by atoms with Crippen molar-refractivity contribution in [3.63, 3.8) is 0 Å². The molecular formula is C24H26F9N5O4. The maximum atomic E-state index is 13.9. The normalized spacial score (nSPS) is 14.0. The maximum Gasteiger partial charge on any atom is 0.490 e. The van der Waals surface area contributed by atoms with Crippen LogP contribution in [0.15, 0.2) is 12.1 Å². The number of aliphatic carboxylic acids is 1. The third-order valence-corrected chi connectivity index (χ3v) is 5.89. The molecule has 2 heterocycles. The molecule has 0 saturated heterocycles. The first-order valence-electron chi connectivity index (χ1n) is 12.3. The molecule has 0 unspecified atom stereocenters. The number of nitrogens with one attached hydrogen (secondary N) is 1. The summed E-state index contributed by atoms with van der Waals surface area (Å²) >= 11 is 0. The lowest BCUT2D eigenvalue weighted by Gasteiger charge is -2.30. The van der Waals surface area contributed by atoms with Gasteiger partial charge in [-0.25, -0.2) is 22.9 Å². The van der Waals surface area contributed by atoms with Gasteiger partial charge in [0.05, 0.1) is 12.2 Å². The Labute approximate surface area is 232 Å². The van der Waals surface area contributed by atoms with Gasteiger partial charge < -0.3 is 25.6 Å². The highest BCUT2D eigenvalue weighted by molar-refractivity contribution is 5.93. The van der Waals surface area contributed by atoms with Gasteiger partial charge in [-0.05, 0) is 24.5 Å². The van der Waals surface area contributed by atoms with E-state index in [1.165, 1.54) is 4.90 Å². The summed E-state index contributed by atoms with van der Waals surface area (Å²) in [6, 6.07) is 0.0867. The van der Waals surface area contributed by atoms with Crippen molar-refractivity contribution in [3.8, 4) is 0 Å². The number of carbonyl (C=O) groups excluding carboxylic acids is 2. The average molecular weight is 619 g/mol. The predicted molar refractivity (Wildman–Crippen MR) is 126 cm³/mol. The molecule has 4 N–H and O–H groups in total. The van der Waals surface area contributed by atoms with Crippen LogP contribution in [0.2, 0.25) is 0 Å². The number of benzene rings is 1. The molecule has 1 atom stereocenters. The zero-order valence-corrected chi connectivity index (χ0v) is 21.9. The number of nitrogens with two attached hydrogens (primary N) is 1. The van der Waals surface area contributed by atoms with Crippen LogP contribution in [0.5, 0.6) is 0 Å². The second-order valence-corrected chi connectivity index (χ2v) is 9.13. The van der Waals surface area contributed by atoms with Gasteiger partial charge in [0.25, 0.3) is 5.91 Å². The van der Waals surface area contributed by atoms with Crippen molar-refractivity contribution in [3.05, 3.63) is 52.4 Å². The summed E-state index contributed by atoms with van der Waals surface area (Å²) in [5.41, 5.74) is 5.25. The number of nitrogens with zero attached hydrogens (tertiary/aromatic N) is 3. The number of imidazole rings is 1. The smallest absolute Gasteiger partial charge is 0.475 e. The Kier molecular flexibility index (Phi) is 11.4. The molecular weight excluding hydrogens is 593 g/mol. The number of carboxylic acid groups (broad SMARTS) is 1. The van der Waals surface area contributed by atoms with Crippen molar-refractivity contribution in [2.45, 2.75) is 64.1 Å². The Hall–Kier alpha value is -3.83. The van der Waals surface area contributed by atoms with Gasteiger partial charge in [-0.1, -0.05) is 13.3 Å². The Morgan fingerprint density at radius 1 is 1.05 bits per heavy atom. The van der Waals surface area contributed by atoms with E-state index in [1.807, 2.05) is 6.92 Å². The molecule has 18 heteroatoms. The standard InChI is InChI=1S/C22H25F6N5O2.C2HF3O2/c1-2-3-4-30-20(35)19-17-11-32(5-6-33(17)21(31-19)22(26,27)28)18(34)9-13(29)7-12-8-15(24)16(25)10-14(12)23;3-2(4,5)1(6)7/h8,10,13H,2-7,9,11,29H2,1H3,(H,30,35);(H,6,7)/t13-;/m1./s1. The summed E-state index contributed by atoms with van der Waals surface area (Å²) in [6.45, 7) is 1.53. The van der Waals surface area contributed by atoms with Crippen LogP contribution in [-0.4, -0.2) is 62.6 Å². The molecule has 2 amide bonds. The van der Waals surface area contributed by atoms with Gasteiger partial charge >= 0.3 is 18.3 Å². The second kappa shape index (κ2) is 13.9. The highest BCUT2D eigenvalue weighted by Crippen LogP contribution is 2.32. The van der Waals surface area contributed by atoms with Crippen LogP contribution in [0.25, 0.3) is 0 Å². The van der Waals surface area contributed by atoms with Crippen LogP contribution in [0.3, 0.4) is 0 Å². The Balaban J connectivity index is 0.000000782. The van der Waals surface area contributed by atoms with Gasteiger partial charge in [0.1, 0.15) is 5.82 Å². The molecule has 234 valence electrons. The molecule has 1 aromatic carbocycles. The molecule has 9 nitrogen and oxygen atoms in total. The van der Waals surface area contributed by atoms with Gasteiger partial charge in [0.15, 0.2) is 17.3 Å². The summed E-state index contributed by atoms with van der Waals surface area (Å²) in [6.07, 6.45) is -9.05. The number of halogens is 9. The molecule has 2 aromatic rings. The number of carboxylic acids is 1. The topological polar surface area (TPSA) is 131 Å². The molecule has 1 aromatic heterocycles. The maximum absolute atomic E-state index is 13.9. The van der Waals surface area contributed by atoms with Gasteiger partial charge in [-0.15, -0.1) is 0 Å². The molecule has 0 saturated carbocycles. The van der Waals surface area contributed by atoms with E-state index >= 15 is 0 Å². The number of fused-ring (bicyclic) bond motifs is 1. The lowest BCUT2D eigenvalue weighted by molar-refractivity contribution is -0.192. The number of hydrogen-bond donors (Lipinski definition) is 3. The van der Waals surface area contributed by atoms with Gasteiger partial charge in [0.2, 0.25) is 11.7 Å². The van der Waals surface area contributed by atoms with Crippen molar-refractivity contribution in [1.82, 2.24) is 19.8 Å². The lowest BCUT2D eigenvalue weighted by Crippen LogP contribution is -2.42. The fourth-order valence-electron chi connectivity index (χ4n) is 3.87. The minimum Gasteiger partial charge on any atom is -0.475 e. The molecule has 1 aliphatic rings.